The molecule has 0 aromatic heterocycles. The van der Waals surface area contributed by atoms with E-state index in [9.17, 15) is 9.90 Å². The van der Waals surface area contributed by atoms with E-state index in [0.29, 0.717) is 24.3 Å². The van der Waals surface area contributed by atoms with E-state index in [1.54, 1.807) is 0 Å². The molecule has 2 rings (SSSR count). The minimum Gasteiger partial charge on any atom is -0.396 e. The number of aliphatic hydroxyl groups is 1. The van der Waals surface area contributed by atoms with Crippen molar-refractivity contribution in [3.8, 4) is 0 Å². The molecule has 0 aromatic rings. The molecule has 0 spiro atoms. The van der Waals surface area contributed by atoms with E-state index in [4.69, 9.17) is 0 Å². The molecule has 1 aliphatic carbocycles. The van der Waals surface area contributed by atoms with Crippen LogP contribution in [0.1, 0.15) is 44.9 Å². The normalized spacial score (nSPS) is 32.4. The summed E-state index contributed by atoms with van der Waals surface area (Å²) in [7, 11) is 0. The average Bonchev–Trinajstić information content (AvgIpc) is 2.89. The van der Waals surface area contributed by atoms with E-state index < -0.39 is 0 Å². The molecule has 1 heterocycles. The largest absolute Gasteiger partial charge is 0.396 e. The lowest BCUT2D eigenvalue weighted by Crippen LogP contribution is -2.37. The SMILES string of the molecule is O=C(CC1CCCN1)NCC1CCCCC1CO. The van der Waals surface area contributed by atoms with Gasteiger partial charge < -0.3 is 15.7 Å². The third-order valence-corrected chi connectivity index (χ3v) is 4.46. The molecule has 3 unspecified atom stereocenters. The molecule has 18 heavy (non-hydrogen) atoms. The van der Waals surface area contributed by atoms with Crippen LogP contribution in [0, 0.1) is 11.8 Å². The first-order valence-electron chi connectivity index (χ1n) is 7.40. The predicted molar refractivity (Wildman–Crippen MR) is 71.2 cm³/mol. The van der Waals surface area contributed by atoms with Gasteiger partial charge in [-0.15, -0.1) is 0 Å². The number of carbonyl (C=O) groups excluding carboxylic acids is 1. The van der Waals surface area contributed by atoms with Gasteiger partial charge in [-0.05, 0) is 44.1 Å². The van der Waals surface area contributed by atoms with E-state index in [-0.39, 0.29) is 12.5 Å². The van der Waals surface area contributed by atoms with Crippen LogP contribution in [0.2, 0.25) is 0 Å². The fraction of sp³-hybridized carbons (Fsp3) is 0.929. The monoisotopic (exact) mass is 254 g/mol. The standard InChI is InChI=1S/C14H26N2O2/c17-10-12-5-2-1-4-11(12)9-16-14(18)8-13-6-3-7-15-13/h11-13,15,17H,1-10H2,(H,16,18). The summed E-state index contributed by atoms with van der Waals surface area (Å²) in [5.41, 5.74) is 0. The van der Waals surface area contributed by atoms with Gasteiger partial charge in [0.1, 0.15) is 0 Å². The van der Waals surface area contributed by atoms with Gasteiger partial charge >= 0.3 is 0 Å². The Labute approximate surface area is 110 Å². The van der Waals surface area contributed by atoms with Gasteiger partial charge in [-0.1, -0.05) is 12.8 Å². The summed E-state index contributed by atoms with van der Waals surface area (Å²) in [6.45, 7) is 2.06. The Hall–Kier alpha value is -0.610. The number of hydrogen-bond acceptors (Lipinski definition) is 3. The Morgan fingerprint density at radius 2 is 1.94 bits per heavy atom. The topological polar surface area (TPSA) is 61.4 Å². The highest BCUT2D eigenvalue weighted by molar-refractivity contribution is 5.76. The lowest BCUT2D eigenvalue weighted by atomic mass is 9.79. The third-order valence-electron chi connectivity index (χ3n) is 4.46. The van der Waals surface area contributed by atoms with E-state index in [1.165, 1.54) is 19.3 Å². The highest BCUT2D eigenvalue weighted by atomic mass is 16.3. The fourth-order valence-corrected chi connectivity index (χ4v) is 3.27. The second kappa shape index (κ2) is 7.10. The van der Waals surface area contributed by atoms with E-state index in [0.717, 1.165) is 32.4 Å². The number of carbonyl (C=O) groups is 1. The van der Waals surface area contributed by atoms with Gasteiger partial charge in [-0.25, -0.2) is 0 Å². The first kappa shape index (κ1) is 13.8. The molecule has 0 radical (unpaired) electrons. The van der Waals surface area contributed by atoms with Crippen LogP contribution in [-0.2, 0) is 4.79 Å². The van der Waals surface area contributed by atoms with Crippen LogP contribution in [0.3, 0.4) is 0 Å². The van der Waals surface area contributed by atoms with Crippen molar-refractivity contribution in [3.05, 3.63) is 0 Å². The van der Waals surface area contributed by atoms with Crippen molar-refractivity contribution in [2.24, 2.45) is 11.8 Å². The molecular formula is C14H26N2O2. The van der Waals surface area contributed by atoms with Crippen molar-refractivity contribution in [2.75, 3.05) is 19.7 Å². The van der Waals surface area contributed by atoms with Gasteiger partial charge in [0.15, 0.2) is 0 Å². The first-order chi connectivity index (χ1) is 8.79. The Morgan fingerprint density at radius 1 is 1.17 bits per heavy atom. The molecule has 1 amide bonds. The second-order valence-electron chi connectivity index (χ2n) is 5.79. The van der Waals surface area contributed by atoms with Crippen molar-refractivity contribution in [1.82, 2.24) is 10.6 Å². The quantitative estimate of drug-likeness (QED) is 0.687. The molecule has 1 aliphatic heterocycles. The van der Waals surface area contributed by atoms with Crippen LogP contribution in [0.25, 0.3) is 0 Å². The van der Waals surface area contributed by atoms with Crippen LogP contribution in [-0.4, -0.2) is 36.8 Å². The second-order valence-corrected chi connectivity index (χ2v) is 5.79. The number of hydrogen-bond donors (Lipinski definition) is 3. The van der Waals surface area contributed by atoms with Crippen molar-refractivity contribution in [2.45, 2.75) is 51.0 Å². The number of aliphatic hydroxyl groups excluding tert-OH is 1. The van der Waals surface area contributed by atoms with Crippen molar-refractivity contribution >= 4 is 5.91 Å². The zero-order valence-corrected chi connectivity index (χ0v) is 11.2. The zero-order valence-electron chi connectivity index (χ0n) is 11.2. The molecule has 4 heteroatoms. The lowest BCUT2D eigenvalue weighted by Gasteiger charge is -2.30. The highest BCUT2D eigenvalue weighted by Crippen LogP contribution is 2.29. The minimum atomic E-state index is 0.164. The molecule has 2 fully saturated rings. The summed E-state index contributed by atoms with van der Waals surface area (Å²) in [6, 6.07) is 0.380. The maximum atomic E-state index is 11.8. The lowest BCUT2D eigenvalue weighted by molar-refractivity contribution is -0.121. The first-order valence-corrected chi connectivity index (χ1v) is 7.40. The van der Waals surface area contributed by atoms with Crippen LogP contribution < -0.4 is 10.6 Å². The molecule has 3 N–H and O–H groups in total. The zero-order chi connectivity index (χ0) is 12.8. The summed E-state index contributed by atoms with van der Waals surface area (Å²) in [5, 5.41) is 15.7. The molecule has 0 aromatic carbocycles. The molecule has 2 aliphatic rings. The molecule has 104 valence electrons. The molecular weight excluding hydrogens is 228 g/mol. The summed E-state index contributed by atoms with van der Waals surface area (Å²) in [6.07, 6.45) is 7.64. The van der Waals surface area contributed by atoms with Crippen LogP contribution in [0.15, 0.2) is 0 Å². The Morgan fingerprint density at radius 3 is 2.61 bits per heavy atom. The van der Waals surface area contributed by atoms with E-state index in [1.807, 2.05) is 0 Å². The molecule has 1 saturated carbocycles. The summed E-state index contributed by atoms with van der Waals surface area (Å²) < 4.78 is 0. The van der Waals surface area contributed by atoms with Gasteiger partial charge in [0.05, 0.1) is 0 Å². The van der Waals surface area contributed by atoms with E-state index in [2.05, 4.69) is 10.6 Å². The van der Waals surface area contributed by atoms with E-state index >= 15 is 0 Å². The third kappa shape index (κ3) is 3.95. The fourth-order valence-electron chi connectivity index (χ4n) is 3.27. The van der Waals surface area contributed by atoms with Gasteiger partial charge in [0.25, 0.3) is 0 Å². The molecule has 0 bridgehead atoms. The predicted octanol–water partition coefficient (Wildman–Crippen LogP) is 1.04. The van der Waals surface area contributed by atoms with Crippen molar-refractivity contribution < 1.29 is 9.90 Å². The summed E-state index contributed by atoms with van der Waals surface area (Å²) >= 11 is 0. The highest BCUT2D eigenvalue weighted by Gasteiger charge is 2.25. The summed E-state index contributed by atoms with van der Waals surface area (Å²) in [5.74, 6) is 1.03. The average molecular weight is 254 g/mol. The smallest absolute Gasteiger partial charge is 0.221 e. The minimum absolute atomic E-state index is 0.164. The Balaban J connectivity index is 1.67. The van der Waals surface area contributed by atoms with Crippen LogP contribution in [0.5, 0.6) is 0 Å². The van der Waals surface area contributed by atoms with Crippen molar-refractivity contribution in [3.63, 3.8) is 0 Å². The summed E-state index contributed by atoms with van der Waals surface area (Å²) in [4.78, 5) is 11.8. The molecule has 4 nitrogen and oxygen atoms in total. The maximum absolute atomic E-state index is 11.8. The number of nitrogens with one attached hydrogen (secondary N) is 2. The molecule has 1 saturated heterocycles. The van der Waals surface area contributed by atoms with Gasteiger partial charge in [0, 0.05) is 25.6 Å². The Kier molecular flexibility index (Phi) is 5.45. The van der Waals surface area contributed by atoms with Gasteiger partial charge in [-0.3, -0.25) is 4.79 Å². The van der Waals surface area contributed by atoms with Gasteiger partial charge in [0.2, 0.25) is 5.91 Å². The van der Waals surface area contributed by atoms with Crippen LogP contribution in [0.4, 0.5) is 0 Å². The van der Waals surface area contributed by atoms with Crippen LogP contribution >= 0.6 is 0 Å². The number of rotatable bonds is 5. The van der Waals surface area contributed by atoms with Gasteiger partial charge in [-0.2, -0.15) is 0 Å². The maximum Gasteiger partial charge on any atom is 0.221 e. The number of amides is 1. The van der Waals surface area contributed by atoms with Crippen molar-refractivity contribution in [1.29, 1.82) is 0 Å². The Bertz CT molecular complexity index is 265. The molecule has 3 atom stereocenters.